The van der Waals surface area contributed by atoms with Gasteiger partial charge in [0.1, 0.15) is 11.3 Å². The number of aromatic hydroxyl groups is 1. The van der Waals surface area contributed by atoms with E-state index in [9.17, 15) is 14.7 Å². The Kier molecular flexibility index (Phi) is 5.99. The summed E-state index contributed by atoms with van der Waals surface area (Å²) in [5.41, 5.74) is 5.56. The Morgan fingerprint density at radius 1 is 1.35 bits per heavy atom. The summed E-state index contributed by atoms with van der Waals surface area (Å²) in [5, 5.41) is 20.9. The molecule has 0 fully saturated rings. The SMILES string of the molecule is CC(CCN)CCC(=O)Nc1ccc(O)c(C(=O)O)c1. The van der Waals surface area contributed by atoms with Crippen LogP contribution in [-0.4, -0.2) is 28.6 Å². The molecule has 0 aliphatic carbocycles. The highest BCUT2D eigenvalue weighted by Crippen LogP contribution is 2.21. The van der Waals surface area contributed by atoms with Crippen molar-refractivity contribution in [2.45, 2.75) is 26.2 Å². The molecule has 1 aromatic rings. The average Bonchev–Trinajstić information content (AvgIpc) is 2.39. The minimum Gasteiger partial charge on any atom is -0.507 e. The van der Waals surface area contributed by atoms with Crippen LogP contribution in [0.2, 0.25) is 0 Å². The van der Waals surface area contributed by atoms with Crippen molar-refractivity contribution < 1.29 is 19.8 Å². The van der Waals surface area contributed by atoms with E-state index in [4.69, 9.17) is 10.8 Å². The highest BCUT2D eigenvalue weighted by atomic mass is 16.4. The van der Waals surface area contributed by atoms with Gasteiger partial charge in [-0.05, 0) is 43.5 Å². The number of hydrogen-bond acceptors (Lipinski definition) is 4. The van der Waals surface area contributed by atoms with E-state index >= 15 is 0 Å². The van der Waals surface area contributed by atoms with Crippen LogP contribution >= 0.6 is 0 Å². The quantitative estimate of drug-likeness (QED) is 0.569. The summed E-state index contributed by atoms with van der Waals surface area (Å²) in [6.45, 7) is 2.63. The first-order valence-corrected chi connectivity index (χ1v) is 6.50. The van der Waals surface area contributed by atoms with Crippen molar-refractivity contribution in [3.05, 3.63) is 23.8 Å². The number of carbonyl (C=O) groups excluding carboxylic acids is 1. The van der Waals surface area contributed by atoms with Crippen LogP contribution in [-0.2, 0) is 4.79 Å². The van der Waals surface area contributed by atoms with Gasteiger partial charge in [0, 0.05) is 12.1 Å². The smallest absolute Gasteiger partial charge is 0.339 e. The Labute approximate surface area is 117 Å². The predicted octanol–water partition coefficient (Wildman–Crippen LogP) is 1.79. The normalized spacial score (nSPS) is 11.9. The zero-order chi connectivity index (χ0) is 15.1. The molecule has 0 aliphatic heterocycles. The Bertz CT molecular complexity index is 488. The Morgan fingerprint density at radius 3 is 2.65 bits per heavy atom. The number of phenols is 1. The molecule has 0 saturated carbocycles. The zero-order valence-corrected chi connectivity index (χ0v) is 11.4. The molecule has 110 valence electrons. The molecule has 0 bridgehead atoms. The number of nitrogens with one attached hydrogen (secondary N) is 1. The third-order valence-corrected chi connectivity index (χ3v) is 3.03. The largest absolute Gasteiger partial charge is 0.507 e. The molecular formula is C14H20N2O4. The van der Waals surface area contributed by atoms with Crippen LogP contribution in [0, 0.1) is 5.92 Å². The molecule has 0 saturated heterocycles. The maximum Gasteiger partial charge on any atom is 0.339 e. The van der Waals surface area contributed by atoms with Gasteiger partial charge in [0.05, 0.1) is 0 Å². The van der Waals surface area contributed by atoms with Gasteiger partial charge in [-0.15, -0.1) is 0 Å². The highest BCUT2D eigenvalue weighted by molar-refractivity contribution is 5.95. The lowest BCUT2D eigenvalue weighted by Gasteiger charge is -2.10. The fraction of sp³-hybridized carbons (Fsp3) is 0.429. The number of anilines is 1. The maximum absolute atomic E-state index is 11.7. The van der Waals surface area contributed by atoms with Crippen molar-refractivity contribution in [1.29, 1.82) is 0 Å². The summed E-state index contributed by atoms with van der Waals surface area (Å²) in [6.07, 6.45) is 1.95. The molecule has 1 rings (SSSR count). The van der Waals surface area contributed by atoms with Crippen LogP contribution in [0.3, 0.4) is 0 Å². The molecular weight excluding hydrogens is 260 g/mol. The van der Waals surface area contributed by atoms with Gasteiger partial charge in [-0.1, -0.05) is 6.92 Å². The molecule has 0 heterocycles. The van der Waals surface area contributed by atoms with Gasteiger partial charge in [-0.25, -0.2) is 4.79 Å². The zero-order valence-electron chi connectivity index (χ0n) is 11.4. The second-order valence-electron chi connectivity index (χ2n) is 4.81. The first-order valence-electron chi connectivity index (χ1n) is 6.50. The van der Waals surface area contributed by atoms with Crippen LogP contribution in [0.4, 0.5) is 5.69 Å². The summed E-state index contributed by atoms with van der Waals surface area (Å²) >= 11 is 0. The number of nitrogens with two attached hydrogens (primary N) is 1. The first kappa shape index (κ1) is 16.0. The number of hydrogen-bond donors (Lipinski definition) is 4. The molecule has 0 aliphatic rings. The number of benzene rings is 1. The molecule has 1 amide bonds. The van der Waals surface area contributed by atoms with Crippen molar-refractivity contribution in [2.75, 3.05) is 11.9 Å². The summed E-state index contributed by atoms with van der Waals surface area (Å²) in [5.74, 6) is -1.38. The van der Waals surface area contributed by atoms with Gasteiger partial charge in [0.2, 0.25) is 5.91 Å². The van der Waals surface area contributed by atoms with Crippen molar-refractivity contribution in [1.82, 2.24) is 0 Å². The molecule has 5 N–H and O–H groups in total. The van der Waals surface area contributed by atoms with E-state index in [1.807, 2.05) is 6.92 Å². The minimum atomic E-state index is -1.24. The number of amides is 1. The summed E-state index contributed by atoms with van der Waals surface area (Å²) in [6, 6.07) is 3.94. The number of carboxylic acids is 1. The fourth-order valence-corrected chi connectivity index (χ4v) is 1.81. The Morgan fingerprint density at radius 2 is 2.05 bits per heavy atom. The topological polar surface area (TPSA) is 113 Å². The fourth-order valence-electron chi connectivity index (χ4n) is 1.81. The number of carbonyl (C=O) groups is 2. The summed E-state index contributed by atoms with van der Waals surface area (Å²) in [7, 11) is 0. The van der Waals surface area contributed by atoms with E-state index in [2.05, 4.69) is 5.32 Å². The van der Waals surface area contributed by atoms with Gasteiger partial charge in [-0.3, -0.25) is 4.79 Å². The Hall–Kier alpha value is -2.08. The van der Waals surface area contributed by atoms with E-state index in [-0.39, 0.29) is 17.2 Å². The lowest BCUT2D eigenvalue weighted by molar-refractivity contribution is -0.116. The Balaban J connectivity index is 2.58. The van der Waals surface area contributed by atoms with Crippen molar-refractivity contribution in [2.24, 2.45) is 11.7 Å². The van der Waals surface area contributed by atoms with Gasteiger partial charge in [0.15, 0.2) is 0 Å². The molecule has 1 aromatic carbocycles. The maximum atomic E-state index is 11.7. The van der Waals surface area contributed by atoms with E-state index in [0.717, 1.165) is 12.8 Å². The second-order valence-corrected chi connectivity index (χ2v) is 4.81. The van der Waals surface area contributed by atoms with Crippen LogP contribution in [0.1, 0.15) is 36.5 Å². The number of carboxylic acid groups (broad SMARTS) is 1. The van der Waals surface area contributed by atoms with E-state index in [1.54, 1.807) is 0 Å². The summed E-state index contributed by atoms with van der Waals surface area (Å²) in [4.78, 5) is 22.6. The van der Waals surface area contributed by atoms with Crippen LogP contribution < -0.4 is 11.1 Å². The van der Waals surface area contributed by atoms with Crippen LogP contribution in [0.5, 0.6) is 5.75 Å². The summed E-state index contributed by atoms with van der Waals surface area (Å²) < 4.78 is 0. The first-order chi connectivity index (χ1) is 9.43. The molecule has 0 spiro atoms. The average molecular weight is 280 g/mol. The molecule has 6 nitrogen and oxygen atoms in total. The highest BCUT2D eigenvalue weighted by Gasteiger charge is 2.12. The third-order valence-electron chi connectivity index (χ3n) is 3.03. The molecule has 0 aromatic heterocycles. The van der Waals surface area contributed by atoms with Crippen molar-refractivity contribution in [3.8, 4) is 5.75 Å². The van der Waals surface area contributed by atoms with Crippen LogP contribution in [0.25, 0.3) is 0 Å². The van der Waals surface area contributed by atoms with Gasteiger partial charge < -0.3 is 21.3 Å². The third kappa shape index (κ3) is 4.89. The minimum absolute atomic E-state index is 0.184. The monoisotopic (exact) mass is 280 g/mol. The number of rotatable bonds is 7. The van der Waals surface area contributed by atoms with E-state index < -0.39 is 5.97 Å². The predicted molar refractivity (Wildman–Crippen MR) is 75.8 cm³/mol. The standard InChI is InChI=1S/C14H20N2O4/c1-9(6-7-15)2-5-13(18)16-10-3-4-12(17)11(8-10)14(19)20/h3-4,8-9,17H,2,5-7,15H2,1H3,(H,16,18)(H,19,20). The van der Waals surface area contributed by atoms with Crippen LogP contribution in [0.15, 0.2) is 18.2 Å². The van der Waals surface area contributed by atoms with Gasteiger partial charge >= 0.3 is 5.97 Å². The molecule has 1 atom stereocenters. The molecule has 6 heteroatoms. The van der Waals surface area contributed by atoms with E-state index in [0.29, 0.717) is 24.6 Å². The van der Waals surface area contributed by atoms with Gasteiger partial charge in [0.25, 0.3) is 0 Å². The van der Waals surface area contributed by atoms with Crippen molar-refractivity contribution in [3.63, 3.8) is 0 Å². The van der Waals surface area contributed by atoms with Gasteiger partial charge in [-0.2, -0.15) is 0 Å². The van der Waals surface area contributed by atoms with E-state index in [1.165, 1.54) is 18.2 Å². The molecule has 0 radical (unpaired) electrons. The molecule has 20 heavy (non-hydrogen) atoms. The van der Waals surface area contributed by atoms with Crippen molar-refractivity contribution >= 4 is 17.6 Å². The second kappa shape index (κ2) is 7.49. The molecule has 1 unspecified atom stereocenters. The number of aromatic carboxylic acids is 1. The lowest BCUT2D eigenvalue weighted by Crippen LogP contribution is -2.14. The lowest BCUT2D eigenvalue weighted by atomic mass is 10.0.